The van der Waals surface area contributed by atoms with E-state index in [2.05, 4.69) is 30.7 Å². The fourth-order valence-electron chi connectivity index (χ4n) is 2.95. The third-order valence-corrected chi connectivity index (χ3v) is 5.09. The van der Waals surface area contributed by atoms with Crippen molar-refractivity contribution in [2.24, 2.45) is 7.05 Å². The number of nitrogens with zero attached hydrogens (tertiary/aromatic N) is 1. The molecule has 1 aromatic carbocycles. The quantitative estimate of drug-likeness (QED) is 0.653. The Bertz CT molecular complexity index is 892. The second-order valence-corrected chi connectivity index (χ2v) is 6.95. The number of aryl methyl sites for hydroxylation is 3. The predicted molar refractivity (Wildman–Crippen MR) is 96.8 cm³/mol. The monoisotopic (exact) mass is 343 g/mol. The fraction of sp³-hybridized carbons (Fsp3) is 0.316. The van der Waals surface area contributed by atoms with Gasteiger partial charge in [-0.2, -0.15) is 0 Å². The molecule has 5 heteroatoms. The van der Waals surface area contributed by atoms with Gasteiger partial charge in [0.15, 0.2) is 0 Å². The Morgan fingerprint density at radius 2 is 2.04 bits per heavy atom. The van der Waals surface area contributed by atoms with E-state index in [0.717, 1.165) is 32.7 Å². The molecule has 0 bridgehead atoms. The van der Waals surface area contributed by atoms with Crippen LogP contribution >= 0.6 is 11.3 Å². The molecule has 0 saturated heterocycles. The zero-order chi connectivity index (χ0) is 17.3. The smallest absolute Gasteiger partial charge is 0.310 e. The summed E-state index contributed by atoms with van der Waals surface area (Å²) in [5, 5.41) is 3.16. The van der Waals surface area contributed by atoms with Gasteiger partial charge in [-0.1, -0.05) is 0 Å². The largest absolute Gasteiger partial charge is 0.487 e. The van der Waals surface area contributed by atoms with Crippen LogP contribution in [0.2, 0.25) is 0 Å². The number of carbonyl (C=O) groups excluding carboxylic acids is 1. The van der Waals surface area contributed by atoms with E-state index in [1.807, 2.05) is 24.6 Å². The van der Waals surface area contributed by atoms with Gasteiger partial charge in [-0.3, -0.25) is 4.79 Å². The highest BCUT2D eigenvalue weighted by Crippen LogP contribution is 2.33. The number of aromatic nitrogens is 1. The molecule has 4 nitrogen and oxygen atoms in total. The number of hydrogen-bond donors (Lipinski definition) is 0. The third-order valence-electron chi connectivity index (χ3n) is 4.12. The Hall–Kier alpha value is -2.27. The van der Waals surface area contributed by atoms with Gasteiger partial charge in [-0.05, 0) is 59.5 Å². The fourth-order valence-corrected chi connectivity index (χ4v) is 4.02. The first-order valence-corrected chi connectivity index (χ1v) is 8.68. The number of rotatable bonds is 5. The summed E-state index contributed by atoms with van der Waals surface area (Å²) in [7, 11) is 3.44. The first kappa shape index (κ1) is 16.6. The Kier molecular flexibility index (Phi) is 4.62. The zero-order valence-corrected chi connectivity index (χ0v) is 15.2. The van der Waals surface area contributed by atoms with Crippen LogP contribution in [0.15, 0.2) is 29.8 Å². The molecule has 126 valence electrons. The molecule has 0 amide bonds. The molecule has 3 aromatic rings. The summed E-state index contributed by atoms with van der Waals surface area (Å²) in [6, 6.07) is 6.21. The lowest BCUT2D eigenvalue weighted by Gasteiger charge is -2.09. The van der Waals surface area contributed by atoms with E-state index in [1.54, 1.807) is 11.3 Å². The summed E-state index contributed by atoms with van der Waals surface area (Å²) in [6.07, 6.45) is 2.39. The lowest BCUT2D eigenvalue weighted by Crippen LogP contribution is -2.04. The van der Waals surface area contributed by atoms with Crippen LogP contribution in [0.3, 0.4) is 0 Å². The van der Waals surface area contributed by atoms with Gasteiger partial charge in [-0.15, -0.1) is 11.3 Å². The summed E-state index contributed by atoms with van der Waals surface area (Å²) in [4.78, 5) is 11.5. The van der Waals surface area contributed by atoms with Gasteiger partial charge in [0, 0.05) is 17.9 Å². The Morgan fingerprint density at radius 3 is 2.71 bits per heavy atom. The first-order valence-electron chi connectivity index (χ1n) is 7.80. The lowest BCUT2D eigenvalue weighted by atomic mass is 10.1. The lowest BCUT2D eigenvalue weighted by molar-refractivity contribution is -0.139. The average Bonchev–Trinajstić information content (AvgIpc) is 3.08. The molecule has 0 atom stereocenters. The van der Waals surface area contributed by atoms with E-state index < -0.39 is 0 Å². The number of esters is 1. The highest BCUT2D eigenvalue weighted by molar-refractivity contribution is 7.17. The van der Waals surface area contributed by atoms with Crippen molar-refractivity contribution < 1.29 is 14.3 Å². The van der Waals surface area contributed by atoms with Gasteiger partial charge in [0.25, 0.3) is 0 Å². The molecular formula is C19H21NO3S. The van der Waals surface area contributed by atoms with Crippen LogP contribution in [0.1, 0.15) is 22.4 Å². The van der Waals surface area contributed by atoms with E-state index >= 15 is 0 Å². The van der Waals surface area contributed by atoms with Crippen LogP contribution < -0.4 is 4.74 Å². The van der Waals surface area contributed by atoms with Crippen molar-refractivity contribution in [2.45, 2.75) is 26.9 Å². The minimum absolute atomic E-state index is 0.214. The van der Waals surface area contributed by atoms with Crippen LogP contribution in [0.4, 0.5) is 0 Å². The van der Waals surface area contributed by atoms with E-state index in [4.69, 9.17) is 9.47 Å². The van der Waals surface area contributed by atoms with Crippen molar-refractivity contribution in [1.82, 2.24) is 4.57 Å². The zero-order valence-electron chi connectivity index (χ0n) is 14.4. The molecule has 0 saturated carbocycles. The van der Waals surface area contributed by atoms with E-state index in [1.165, 1.54) is 12.7 Å². The molecule has 0 radical (unpaired) electrons. The maximum absolute atomic E-state index is 11.5. The third kappa shape index (κ3) is 3.31. The molecule has 0 spiro atoms. The van der Waals surface area contributed by atoms with Gasteiger partial charge in [0.1, 0.15) is 12.4 Å². The Balaban J connectivity index is 1.83. The summed E-state index contributed by atoms with van der Waals surface area (Å²) >= 11 is 1.63. The summed E-state index contributed by atoms with van der Waals surface area (Å²) < 4.78 is 14.0. The van der Waals surface area contributed by atoms with Gasteiger partial charge in [0.05, 0.1) is 19.2 Å². The van der Waals surface area contributed by atoms with Crippen LogP contribution in [0, 0.1) is 13.8 Å². The van der Waals surface area contributed by atoms with Gasteiger partial charge >= 0.3 is 5.97 Å². The number of benzene rings is 1. The number of hydrogen-bond acceptors (Lipinski definition) is 4. The van der Waals surface area contributed by atoms with Crippen molar-refractivity contribution >= 4 is 27.4 Å². The molecule has 2 heterocycles. The number of thiophene rings is 1. The molecule has 0 fully saturated rings. The molecule has 24 heavy (non-hydrogen) atoms. The van der Waals surface area contributed by atoms with Crippen molar-refractivity contribution in [3.05, 3.63) is 52.2 Å². The molecule has 0 N–H and O–H groups in total. The van der Waals surface area contributed by atoms with Gasteiger partial charge < -0.3 is 14.0 Å². The van der Waals surface area contributed by atoms with Crippen molar-refractivity contribution in [3.8, 4) is 5.75 Å². The number of ether oxygens (including phenoxy) is 2. The van der Waals surface area contributed by atoms with E-state index in [0.29, 0.717) is 13.0 Å². The molecule has 0 aliphatic rings. The van der Waals surface area contributed by atoms with Gasteiger partial charge in [-0.25, -0.2) is 0 Å². The normalized spacial score (nSPS) is 11.0. The number of carbonyl (C=O) groups is 1. The van der Waals surface area contributed by atoms with Crippen molar-refractivity contribution in [1.29, 1.82) is 0 Å². The summed E-state index contributed by atoms with van der Waals surface area (Å²) in [5.74, 6) is 0.638. The molecular weight excluding hydrogens is 322 g/mol. The number of methoxy groups -OCH3 is 1. The second-order valence-electron chi connectivity index (χ2n) is 6.04. The topological polar surface area (TPSA) is 40.5 Å². The maximum Gasteiger partial charge on any atom is 0.310 e. The highest BCUT2D eigenvalue weighted by atomic mass is 32.1. The van der Waals surface area contributed by atoms with E-state index in [9.17, 15) is 4.79 Å². The standard InChI is InChI=1S/C19H21NO3S/c1-12-5-15(20(3)9-12)10-23-16-6-13(2)19-14(7-18(21)22-4)11-24-17(19)8-16/h5-6,8-9,11H,7,10H2,1-4H3. The first-order chi connectivity index (χ1) is 11.5. The Morgan fingerprint density at radius 1 is 1.25 bits per heavy atom. The van der Waals surface area contributed by atoms with Crippen molar-refractivity contribution in [3.63, 3.8) is 0 Å². The van der Waals surface area contributed by atoms with Crippen LogP contribution in [0.5, 0.6) is 5.75 Å². The van der Waals surface area contributed by atoms with E-state index in [-0.39, 0.29) is 5.97 Å². The van der Waals surface area contributed by atoms with Gasteiger partial charge in [0.2, 0.25) is 0 Å². The summed E-state index contributed by atoms with van der Waals surface area (Å²) in [6.45, 7) is 4.67. The highest BCUT2D eigenvalue weighted by Gasteiger charge is 2.13. The second kappa shape index (κ2) is 6.69. The maximum atomic E-state index is 11.5. The molecule has 3 rings (SSSR count). The minimum Gasteiger partial charge on any atom is -0.487 e. The van der Waals surface area contributed by atoms with Crippen LogP contribution in [0.25, 0.3) is 10.1 Å². The van der Waals surface area contributed by atoms with Crippen LogP contribution in [-0.4, -0.2) is 17.6 Å². The number of fused-ring (bicyclic) bond motifs is 1. The molecule has 2 aromatic heterocycles. The molecule has 0 aliphatic carbocycles. The van der Waals surface area contributed by atoms with Crippen LogP contribution in [-0.2, 0) is 29.6 Å². The summed E-state index contributed by atoms with van der Waals surface area (Å²) in [5.41, 5.74) is 4.51. The molecule has 0 unspecified atom stereocenters. The predicted octanol–water partition coefficient (Wildman–Crippen LogP) is 4.15. The minimum atomic E-state index is -0.214. The molecule has 0 aliphatic heterocycles. The average molecular weight is 343 g/mol. The SMILES string of the molecule is COC(=O)Cc1csc2cc(OCc3cc(C)cn3C)cc(C)c12. The Labute approximate surface area is 145 Å². The van der Waals surface area contributed by atoms with Crippen molar-refractivity contribution in [2.75, 3.05) is 7.11 Å².